The number of esters is 1. The Labute approximate surface area is 174 Å². The lowest BCUT2D eigenvalue weighted by molar-refractivity contribution is -0.136. The Morgan fingerprint density at radius 1 is 1.17 bits per heavy atom. The van der Waals surface area contributed by atoms with Gasteiger partial charge >= 0.3 is 5.97 Å². The number of allylic oxidation sites excluding steroid dienone is 3. The quantitative estimate of drug-likeness (QED) is 0.763. The van der Waals surface area contributed by atoms with Crippen molar-refractivity contribution in [1.29, 1.82) is 0 Å². The molecule has 1 aliphatic carbocycles. The number of hydrogen-bond donors (Lipinski definition) is 1. The summed E-state index contributed by atoms with van der Waals surface area (Å²) in [5.41, 5.74) is 3.61. The van der Waals surface area contributed by atoms with Crippen molar-refractivity contribution >= 4 is 23.1 Å². The molecule has 2 atom stereocenters. The maximum Gasteiger partial charge on any atom is 0.336 e. The number of benzene rings is 1. The van der Waals surface area contributed by atoms with Crippen LogP contribution in [0.2, 0.25) is 0 Å². The van der Waals surface area contributed by atoms with Crippen LogP contribution >= 0.6 is 11.3 Å². The van der Waals surface area contributed by atoms with Gasteiger partial charge in [-0.3, -0.25) is 4.79 Å². The molecule has 1 aliphatic heterocycles. The van der Waals surface area contributed by atoms with Gasteiger partial charge in [-0.2, -0.15) is 0 Å². The van der Waals surface area contributed by atoms with Crippen molar-refractivity contribution in [3.63, 3.8) is 0 Å². The Hall–Kier alpha value is -2.86. The van der Waals surface area contributed by atoms with Gasteiger partial charge in [-0.15, -0.1) is 11.3 Å². The summed E-state index contributed by atoms with van der Waals surface area (Å²) in [4.78, 5) is 27.2. The zero-order chi connectivity index (χ0) is 20.5. The minimum Gasteiger partial charge on any atom is -0.497 e. The van der Waals surface area contributed by atoms with E-state index >= 15 is 0 Å². The largest absolute Gasteiger partial charge is 0.497 e. The number of carbonyl (C=O) groups excluding carboxylic acids is 2. The predicted octanol–water partition coefficient (Wildman–Crippen LogP) is 4.29. The second-order valence-corrected chi connectivity index (χ2v) is 8.28. The van der Waals surface area contributed by atoms with Crippen LogP contribution in [0.25, 0.3) is 0 Å². The van der Waals surface area contributed by atoms with Gasteiger partial charge in [0.1, 0.15) is 5.75 Å². The third-order valence-corrected chi connectivity index (χ3v) is 6.64. The Balaban J connectivity index is 1.83. The third kappa shape index (κ3) is 3.49. The summed E-state index contributed by atoms with van der Waals surface area (Å²) >= 11 is 1.68. The van der Waals surface area contributed by atoms with Crippen molar-refractivity contribution in [2.45, 2.75) is 31.6 Å². The highest BCUT2D eigenvalue weighted by molar-refractivity contribution is 7.10. The number of methoxy groups -OCH3 is 2. The normalized spacial score (nSPS) is 21.6. The monoisotopic (exact) mass is 409 g/mol. The Kier molecular flexibility index (Phi) is 5.28. The van der Waals surface area contributed by atoms with E-state index in [4.69, 9.17) is 9.47 Å². The van der Waals surface area contributed by atoms with Crippen LogP contribution in [0.3, 0.4) is 0 Å². The first-order chi connectivity index (χ1) is 14.0. The highest BCUT2D eigenvalue weighted by atomic mass is 32.1. The number of hydrogen-bond acceptors (Lipinski definition) is 6. The fourth-order valence-electron chi connectivity index (χ4n) is 4.30. The lowest BCUT2D eigenvalue weighted by Crippen LogP contribution is -2.35. The smallest absolute Gasteiger partial charge is 0.336 e. The first-order valence-electron chi connectivity index (χ1n) is 9.53. The van der Waals surface area contributed by atoms with Gasteiger partial charge in [-0.25, -0.2) is 4.79 Å². The summed E-state index contributed by atoms with van der Waals surface area (Å²) in [7, 11) is 2.97. The number of nitrogens with one attached hydrogen (secondary N) is 1. The fraction of sp³-hybridized carbons (Fsp3) is 0.304. The molecule has 6 heteroatoms. The maximum atomic E-state index is 13.3. The van der Waals surface area contributed by atoms with Crippen LogP contribution in [0.1, 0.15) is 42.0 Å². The Morgan fingerprint density at radius 3 is 2.69 bits per heavy atom. The van der Waals surface area contributed by atoms with E-state index in [0.717, 1.165) is 23.4 Å². The summed E-state index contributed by atoms with van der Waals surface area (Å²) in [6.07, 6.45) is 1.18. The molecule has 2 aliphatic rings. The van der Waals surface area contributed by atoms with E-state index in [2.05, 4.69) is 11.4 Å². The average Bonchev–Trinajstić information content (AvgIpc) is 3.27. The van der Waals surface area contributed by atoms with Gasteiger partial charge < -0.3 is 14.8 Å². The van der Waals surface area contributed by atoms with Crippen molar-refractivity contribution < 1.29 is 19.1 Å². The molecule has 0 bridgehead atoms. The SMILES string of the molecule is COC(=O)C1=C(C)NC2=C(C(=O)CC(c3cccs3)C2)C1c1cccc(OC)c1. The maximum absolute atomic E-state index is 13.3. The summed E-state index contributed by atoms with van der Waals surface area (Å²) in [6.45, 7) is 1.86. The topological polar surface area (TPSA) is 64.6 Å². The van der Waals surface area contributed by atoms with Crippen LogP contribution in [0.15, 0.2) is 64.3 Å². The van der Waals surface area contributed by atoms with Crippen LogP contribution < -0.4 is 10.1 Å². The third-order valence-electron chi connectivity index (χ3n) is 5.61. The molecule has 5 nitrogen and oxygen atoms in total. The number of ether oxygens (including phenoxy) is 2. The molecule has 2 unspecified atom stereocenters. The van der Waals surface area contributed by atoms with E-state index in [0.29, 0.717) is 23.3 Å². The molecule has 29 heavy (non-hydrogen) atoms. The second-order valence-electron chi connectivity index (χ2n) is 7.30. The van der Waals surface area contributed by atoms with Crippen molar-refractivity contribution in [3.05, 3.63) is 74.8 Å². The molecular formula is C23H23NO4S. The number of ketones is 1. The van der Waals surface area contributed by atoms with E-state index in [-0.39, 0.29) is 11.7 Å². The van der Waals surface area contributed by atoms with Gasteiger partial charge in [0.15, 0.2) is 5.78 Å². The molecule has 1 aromatic heterocycles. The molecule has 1 aromatic carbocycles. The number of dihydropyridines is 1. The van der Waals surface area contributed by atoms with E-state index < -0.39 is 11.9 Å². The lowest BCUT2D eigenvalue weighted by atomic mass is 9.72. The summed E-state index contributed by atoms with van der Waals surface area (Å²) in [5, 5.41) is 5.38. The standard InChI is InChI=1S/C23H23NO4S/c1-13-20(23(26)28-3)21(14-6-4-7-16(10-14)27-2)22-17(24-13)11-15(12-18(22)25)19-8-5-9-29-19/h4-10,15,21,24H,11-12H2,1-3H3. The molecule has 0 fully saturated rings. The Bertz CT molecular complexity index is 1020. The molecular weight excluding hydrogens is 386 g/mol. The minimum atomic E-state index is -0.467. The van der Waals surface area contributed by atoms with Crippen LogP contribution in [-0.2, 0) is 14.3 Å². The second kappa shape index (κ2) is 7.87. The van der Waals surface area contributed by atoms with E-state index in [1.807, 2.05) is 42.6 Å². The highest BCUT2D eigenvalue weighted by Gasteiger charge is 2.41. The van der Waals surface area contributed by atoms with Crippen LogP contribution in [0.5, 0.6) is 5.75 Å². The van der Waals surface area contributed by atoms with Crippen molar-refractivity contribution in [1.82, 2.24) is 5.32 Å². The lowest BCUT2D eigenvalue weighted by Gasteiger charge is -2.36. The average molecular weight is 410 g/mol. The van der Waals surface area contributed by atoms with Crippen LogP contribution in [0, 0.1) is 0 Å². The summed E-state index contributed by atoms with van der Waals surface area (Å²) < 4.78 is 10.4. The molecule has 2 heterocycles. The number of thiophene rings is 1. The zero-order valence-electron chi connectivity index (χ0n) is 16.7. The number of rotatable bonds is 4. The van der Waals surface area contributed by atoms with Crippen molar-refractivity contribution in [2.75, 3.05) is 14.2 Å². The van der Waals surface area contributed by atoms with Gasteiger partial charge in [-0.1, -0.05) is 18.2 Å². The van der Waals surface area contributed by atoms with Gasteiger partial charge in [-0.05, 0) is 42.5 Å². The molecule has 0 spiro atoms. The fourth-order valence-corrected chi connectivity index (χ4v) is 5.13. The highest BCUT2D eigenvalue weighted by Crippen LogP contribution is 2.46. The van der Waals surface area contributed by atoms with Gasteiger partial charge in [0.05, 0.1) is 19.8 Å². The first kappa shape index (κ1) is 19.5. The van der Waals surface area contributed by atoms with Gasteiger partial charge in [0, 0.05) is 40.1 Å². The van der Waals surface area contributed by atoms with Crippen LogP contribution in [0.4, 0.5) is 0 Å². The Morgan fingerprint density at radius 2 is 2.00 bits per heavy atom. The molecule has 0 saturated carbocycles. The molecule has 150 valence electrons. The first-order valence-corrected chi connectivity index (χ1v) is 10.4. The van der Waals surface area contributed by atoms with Gasteiger partial charge in [0.2, 0.25) is 0 Å². The van der Waals surface area contributed by atoms with Crippen molar-refractivity contribution in [2.24, 2.45) is 0 Å². The minimum absolute atomic E-state index is 0.0684. The summed E-state index contributed by atoms with van der Waals surface area (Å²) in [5.74, 6) is 0.0176. The molecule has 2 aromatic rings. The molecule has 4 rings (SSSR count). The van der Waals surface area contributed by atoms with Crippen molar-refractivity contribution in [3.8, 4) is 5.75 Å². The number of Topliss-reactive ketones (excluding diaryl/α,β-unsaturated/α-hetero) is 1. The molecule has 0 radical (unpaired) electrons. The zero-order valence-corrected chi connectivity index (χ0v) is 17.5. The van der Waals surface area contributed by atoms with E-state index in [1.165, 1.54) is 12.0 Å². The van der Waals surface area contributed by atoms with Crippen LogP contribution in [-0.4, -0.2) is 26.0 Å². The number of carbonyl (C=O) groups is 2. The molecule has 0 saturated heterocycles. The predicted molar refractivity (Wildman–Crippen MR) is 112 cm³/mol. The molecule has 0 amide bonds. The molecule has 1 N–H and O–H groups in total. The summed E-state index contributed by atoms with van der Waals surface area (Å²) in [6, 6.07) is 11.6. The van der Waals surface area contributed by atoms with E-state index in [9.17, 15) is 9.59 Å². The van der Waals surface area contributed by atoms with Gasteiger partial charge in [0.25, 0.3) is 0 Å². The van der Waals surface area contributed by atoms with E-state index in [1.54, 1.807) is 18.4 Å².